The highest BCUT2D eigenvalue weighted by Crippen LogP contribution is 2.40. The Morgan fingerprint density at radius 2 is 1.94 bits per heavy atom. The van der Waals surface area contributed by atoms with Gasteiger partial charge in [0.1, 0.15) is 29.4 Å². The summed E-state index contributed by atoms with van der Waals surface area (Å²) in [4.78, 5) is 23.1. The van der Waals surface area contributed by atoms with E-state index in [1.54, 1.807) is 14.2 Å². The van der Waals surface area contributed by atoms with Crippen molar-refractivity contribution in [3.8, 4) is 17.2 Å². The number of carboxylic acids is 1. The number of aryl methyl sites for hydroxylation is 1. The number of benzene rings is 2. The summed E-state index contributed by atoms with van der Waals surface area (Å²) in [6.45, 7) is 7.00. The van der Waals surface area contributed by atoms with Crippen molar-refractivity contribution in [2.45, 2.75) is 52.2 Å². The number of nitrogens with zero attached hydrogens (tertiary/aromatic N) is 3. The number of carbonyl (C=O) groups is 1. The number of aromatic carboxylic acids is 1. The van der Waals surface area contributed by atoms with Gasteiger partial charge in [-0.15, -0.1) is 0 Å². The topological polar surface area (TPSA) is 94.0 Å². The molecule has 0 bridgehead atoms. The summed E-state index contributed by atoms with van der Waals surface area (Å²) in [7, 11) is 3.26. The van der Waals surface area contributed by atoms with Gasteiger partial charge in [-0.1, -0.05) is 26.0 Å². The molecule has 1 fully saturated rings. The van der Waals surface area contributed by atoms with E-state index in [-0.39, 0.29) is 18.2 Å². The Balaban J connectivity index is 1.64. The van der Waals surface area contributed by atoms with Gasteiger partial charge in [-0.05, 0) is 55.0 Å². The van der Waals surface area contributed by atoms with Crippen LogP contribution in [0.4, 0.5) is 5.95 Å². The average Bonchev–Trinajstić information content (AvgIpc) is 3.37. The Morgan fingerprint density at radius 3 is 2.64 bits per heavy atom. The minimum absolute atomic E-state index is 0.000250. The number of rotatable bonds is 9. The lowest BCUT2D eigenvalue weighted by Crippen LogP contribution is -2.26. The van der Waals surface area contributed by atoms with Crippen LogP contribution in [-0.4, -0.2) is 41.8 Å². The van der Waals surface area contributed by atoms with E-state index in [0.717, 1.165) is 53.3 Å². The number of anilines is 1. The molecule has 8 nitrogen and oxygen atoms in total. The Morgan fingerprint density at radius 1 is 1.14 bits per heavy atom. The molecule has 0 spiro atoms. The van der Waals surface area contributed by atoms with Gasteiger partial charge in [0.25, 0.3) is 0 Å². The number of carboxylic acid groups (broad SMARTS) is 1. The fraction of sp³-hybridized carbons (Fsp3) is 0.393. The minimum atomic E-state index is -1.08. The van der Waals surface area contributed by atoms with Crippen LogP contribution in [0.15, 0.2) is 42.6 Å². The summed E-state index contributed by atoms with van der Waals surface area (Å²) in [6, 6.07) is 11.9. The molecule has 0 aliphatic carbocycles. The number of ether oxygens (including phenoxy) is 3. The van der Waals surface area contributed by atoms with E-state index in [0.29, 0.717) is 17.6 Å². The molecule has 4 rings (SSSR count). The Hall–Kier alpha value is -3.81. The normalized spacial score (nSPS) is 15.3. The number of aromatic nitrogens is 2. The summed E-state index contributed by atoms with van der Waals surface area (Å²) < 4.78 is 17.1. The molecular weight excluding hydrogens is 458 g/mol. The second-order valence-corrected chi connectivity index (χ2v) is 9.26. The molecule has 1 atom stereocenters. The maximum absolute atomic E-state index is 11.9. The molecule has 1 aliphatic rings. The van der Waals surface area contributed by atoms with E-state index in [1.165, 1.54) is 6.20 Å². The molecule has 1 saturated heterocycles. The van der Waals surface area contributed by atoms with Gasteiger partial charge in [0.15, 0.2) is 0 Å². The molecule has 1 N–H and O–H groups in total. The van der Waals surface area contributed by atoms with Crippen LogP contribution in [0.2, 0.25) is 0 Å². The molecule has 190 valence electrons. The standard InChI is InChI=1S/C28H33N3O5/c1-17(2)19-9-8-18(3)25(13-19)36-16-23-22(27(32)33)15-29-28(30-23)31-12-6-7-24(31)21-11-10-20(34-4)14-26(21)35-5/h8-11,13-15,17,24H,6-7,12,16H2,1-5H3,(H,32,33). The van der Waals surface area contributed by atoms with E-state index in [9.17, 15) is 9.90 Å². The lowest BCUT2D eigenvalue weighted by molar-refractivity contribution is 0.0692. The second-order valence-electron chi connectivity index (χ2n) is 9.26. The number of hydrogen-bond acceptors (Lipinski definition) is 7. The van der Waals surface area contributed by atoms with Gasteiger partial charge < -0.3 is 24.2 Å². The highest BCUT2D eigenvalue weighted by atomic mass is 16.5. The molecule has 0 amide bonds. The second kappa shape index (κ2) is 10.8. The molecule has 1 unspecified atom stereocenters. The fourth-order valence-corrected chi connectivity index (χ4v) is 4.53. The monoisotopic (exact) mass is 491 g/mol. The van der Waals surface area contributed by atoms with E-state index in [2.05, 4.69) is 34.8 Å². The maximum atomic E-state index is 11.9. The Kier molecular flexibility index (Phi) is 7.62. The van der Waals surface area contributed by atoms with Crippen molar-refractivity contribution in [2.75, 3.05) is 25.7 Å². The van der Waals surface area contributed by atoms with E-state index in [4.69, 9.17) is 14.2 Å². The van der Waals surface area contributed by atoms with E-state index < -0.39 is 5.97 Å². The smallest absolute Gasteiger partial charge is 0.339 e. The Labute approximate surface area is 211 Å². The minimum Gasteiger partial charge on any atom is -0.497 e. The molecule has 36 heavy (non-hydrogen) atoms. The van der Waals surface area contributed by atoms with E-state index >= 15 is 0 Å². The summed E-state index contributed by atoms with van der Waals surface area (Å²) in [6.07, 6.45) is 3.23. The first kappa shape index (κ1) is 25.3. The molecule has 1 aromatic heterocycles. The van der Waals surface area contributed by atoms with Crippen molar-refractivity contribution < 1.29 is 24.1 Å². The van der Waals surface area contributed by atoms with Gasteiger partial charge in [0, 0.05) is 24.4 Å². The third-order valence-electron chi connectivity index (χ3n) is 6.64. The summed E-state index contributed by atoms with van der Waals surface area (Å²) in [5, 5.41) is 9.76. The van der Waals surface area contributed by atoms with Crippen molar-refractivity contribution in [1.82, 2.24) is 9.97 Å². The van der Waals surface area contributed by atoms with Gasteiger partial charge >= 0.3 is 5.97 Å². The highest BCUT2D eigenvalue weighted by Gasteiger charge is 2.31. The zero-order valence-electron chi connectivity index (χ0n) is 21.4. The summed E-state index contributed by atoms with van der Waals surface area (Å²) >= 11 is 0. The summed E-state index contributed by atoms with van der Waals surface area (Å²) in [5.41, 5.74) is 3.53. The first-order valence-corrected chi connectivity index (χ1v) is 12.1. The van der Waals surface area contributed by atoms with Crippen LogP contribution in [0, 0.1) is 6.92 Å². The van der Waals surface area contributed by atoms with Crippen molar-refractivity contribution in [3.63, 3.8) is 0 Å². The third-order valence-corrected chi connectivity index (χ3v) is 6.64. The largest absolute Gasteiger partial charge is 0.497 e. The Bertz CT molecular complexity index is 1240. The van der Waals surface area contributed by atoms with Gasteiger partial charge in [0.05, 0.1) is 26.0 Å². The first-order chi connectivity index (χ1) is 17.3. The number of hydrogen-bond donors (Lipinski definition) is 1. The van der Waals surface area contributed by atoms with Crippen molar-refractivity contribution in [3.05, 3.63) is 70.5 Å². The molecule has 0 saturated carbocycles. The van der Waals surface area contributed by atoms with Crippen LogP contribution < -0.4 is 19.1 Å². The summed E-state index contributed by atoms with van der Waals surface area (Å²) in [5.74, 6) is 1.93. The van der Waals surface area contributed by atoms with Crippen LogP contribution in [-0.2, 0) is 6.61 Å². The quantitative estimate of drug-likeness (QED) is 0.417. The highest BCUT2D eigenvalue weighted by molar-refractivity contribution is 5.88. The average molecular weight is 492 g/mol. The van der Waals surface area contributed by atoms with Gasteiger partial charge in [-0.2, -0.15) is 0 Å². The van der Waals surface area contributed by atoms with Gasteiger partial charge in [0.2, 0.25) is 5.95 Å². The lowest BCUT2D eigenvalue weighted by atomic mass is 10.0. The molecule has 0 radical (unpaired) electrons. The molecule has 2 aromatic carbocycles. The van der Waals surface area contributed by atoms with Crippen molar-refractivity contribution in [1.29, 1.82) is 0 Å². The molecule has 2 heterocycles. The zero-order chi connectivity index (χ0) is 25.8. The van der Waals surface area contributed by atoms with Gasteiger partial charge in [-0.25, -0.2) is 14.8 Å². The van der Waals surface area contributed by atoms with Crippen LogP contribution in [0.5, 0.6) is 17.2 Å². The molecule has 3 aromatic rings. The molecule has 8 heteroatoms. The van der Waals surface area contributed by atoms with Crippen LogP contribution >= 0.6 is 0 Å². The predicted octanol–water partition coefficient (Wildman–Crippen LogP) is 5.54. The van der Waals surface area contributed by atoms with Crippen molar-refractivity contribution >= 4 is 11.9 Å². The molecule has 1 aliphatic heterocycles. The SMILES string of the molecule is COc1ccc(C2CCCN2c2ncc(C(=O)O)c(COc3cc(C(C)C)ccc3C)n2)c(OC)c1. The zero-order valence-corrected chi connectivity index (χ0v) is 21.4. The van der Waals surface area contributed by atoms with Crippen LogP contribution in [0.1, 0.15) is 71.4 Å². The van der Waals surface area contributed by atoms with Crippen LogP contribution in [0.25, 0.3) is 0 Å². The van der Waals surface area contributed by atoms with E-state index in [1.807, 2.05) is 37.3 Å². The predicted molar refractivity (Wildman–Crippen MR) is 137 cm³/mol. The van der Waals surface area contributed by atoms with Crippen molar-refractivity contribution in [2.24, 2.45) is 0 Å². The number of methoxy groups -OCH3 is 2. The van der Waals surface area contributed by atoms with Crippen LogP contribution in [0.3, 0.4) is 0 Å². The first-order valence-electron chi connectivity index (χ1n) is 12.1. The third kappa shape index (κ3) is 5.22. The maximum Gasteiger partial charge on any atom is 0.339 e. The fourth-order valence-electron chi connectivity index (χ4n) is 4.53. The van der Waals surface area contributed by atoms with Gasteiger partial charge in [-0.3, -0.25) is 0 Å². The molecular formula is C28H33N3O5. The lowest BCUT2D eigenvalue weighted by Gasteiger charge is -2.27.